The third-order valence-corrected chi connectivity index (χ3v) is 5.14. The van der Waals surface area contributed by atoms with Gasteiger partial charge in [0, 0.05) is 35.7 Å². The summed E-state index contributed by atoms with van der Waals surface area (Å²) < 4.78 is 0. The lowest BCUT2D eigenvalue weighted by Crippen LogP contribution is -2.17. The smallest absolute Gasteiger partial charge is 0.160 e. The summed E-state index contributed by atoms with van der Waals surface area (Å²) in [7, 11) is 2.00. The average Bonchev–Trinajstić information content (AvgIpc) is 2.91. The molecule has 4 rings (SSSR count). The fourth-order valence-electron chi connectivity index (χ4n) is 3.91. The standard InChI is InChI=1S/C21H23N3O2/c1-12-8-13(2)20(18(25)9-12)17-7-5-14-4-6-16(22-21(14)23-17)15-10-24(3)11-19(15)26/h4-9,15,19,25-26H,10-11H2,1-3H3. The van der Waals surface area contributed by atoms with Crippen molar-refractivity contribution in [3.05, 3.63) is 53.2 Å². The van der Waals surface area contributed by atoms with Gasteiger partial charge in [-0.05, 0) is 62.4 Å². The van der Waals surface area contributed by atoms with Gasteiger partial charge in [0.15, 0.2) is 5.65 Å². The number of aliphatic hydroxyl groups excluding tert-OH is 1. The van der Waals surface area contributed by atoms with Crippen molar-refractivity contribution < 1.29 is 10.2 Å². The molecule has 5 heteroatoms. The van der Waals surface area contributed by atoms with E-state index in [0.29, 0.717) is 17.9 Å². The van der Waals surface area contributed by atoms with Gasteiger partial charge in [0.25, 0.3) is 0 Å². The van der Waals surface area contributed by atoms with Gasteiger partial charge in [0.2, 0.25) is 0 Å². The van der Waals surface area contributed by atoms with Crippen LogP contribution in [-0.4, -0.2) is 51.3 Å². The Morgan fingerprint density at radius 3 is 2.50 bits per heavy atom. The molecule has 26 heavy (non-hydrogen) atoms. The maximum atomic E-state index is 10.4. The number of phenols is 1. The molecule has 2 aromatic heterocycles. The highest BCUT2D eigenvalue weighted by molar-refractivity contribution is 5.81. The molecule has 2 atom stereocenters. The molecule has 2 N–H and O–H groups in total. The average molecular weight is 349 g/mol. The van der Waals surface area contributed by atoms with Crippen LogP contribution < -0.4 is 0 Å². The van der Waals surface area contributed by atoms with Crippen molar-refractivity contribution in [2.24, 2.45) is 0 Å². The SMILES string of the molecule is Cc1cc(C)c(-c2ccc3ccc(C4CN(C)CC4O)nc3n2)c(O)c1. The van der Waals surface area contributed by atoms with Crippen molar-refractivity contribution in [1.29, 1.82) is 0 Å². The predicted octanol–water partition coefficient (Wildman–Crippen LogP) is 3.01. The molecule has 1 aromatic carbocycles. The second-order valence-corrected chi connectivity index (χ2v) is 7.35. The first-order valence-electron chi connectivity index (χ1n) is 8.87. The number of fused-ring (bicyclic) bond motifs is 1. The van der Waals surface area contributed by atoms with Gasteiger partial charge in [-0.15, -0.1) is 0 Å². The number of hydrogen-bond acceptors (Lipinski definition) is 5. The van der Waals surface area contributed by atoms with Gasteiger partial charge in [-0.2, -0.15) is 0 Å². The summed E-state index contributed by atoms with van der Waals surface area (Å²) in [5.74, 6) is 0.239. The minimum atomic E-state index is -0.406. The molecule has 1 saturated heterocycles. The number of benzene rings is 1. The molecule has 2 unspecified atom stereocenters. The predicted molar refractivity (Wildman–Crippen MR) is 102 cm³/mol. The van der Waals surface area contributed by atoms with Gasteiger partial charge in [0.1, 0.15) is 5.75 Å². The quantitative estimate of drug-likeness (QED) is 0.744. The van der Waals surface area contributed by atoms with Crippen LogP contribution in [0.2, 0.25) is 0 Å². The molecule has 3 aromatic rings. The number of β-amino-alcohol motifs (C(OH)–C–C–N with tert-alkyl or cyclic N) is 1. The Labute approximate surface area is 153 Å². The number of hydrogen-bond donors (Lipinski definition) is 2. The summed E-state index contributed by atoms with van der Waals surface area (Å²) in [6.45, 7) is 5.39. The van der Waals surface area contributed by atoms with Crippen LogP contribution in [0.1, 0.15) is 22.7 Å². The third-order valence-electron chi connectivity index (χ3n) is 5.14. The van der Waals surface area contributed by atoms with Gasteiger partial charge >= 0.3 is 0 Å². The van der Waals surface area contributed by atoms with Crippen molar-refractivity contribution in [3.63, 3.8) is 0 Å². The van der Waals surface area contributed by atoms with E-state index >= 15 is 0 Å². The fraction of sp³-hybridized carbons (Fsp3) is 0.333. The number of rotatable bonds is 2. The number of aryl methyl sites for hydroxylation is 2. The van der Waals surface area contributed by atoms with Gasteiger partial charge in [-0.25, -0.2) is 9.97 Å². The van der Waals surface area contributed by atoms with Gasteiger partial charge in [0.05, 0.1) is 11.8 Å². The second-order valence-electron chi connectivity index (χ2n) is 7.35. The van der Waals surface area contributed by atoms with E-state index in [1.807, 2.05) is 51.2 Å². The van der Waals surface area contributed by atoms with Crippen LogP contribution in [0.4, 0.5) is 0 Å². The molecule has 0 bridgehead atoms. The topological polar surface area (TPSA) is 69.5 Å². The zero-order valence-corrected chi connectivity index (χ0v) is 15.3. The minimum absolute atomic E-state index is 0.00405. The van der Waals surface area contributed by atoms with Crippen LogP contribution in [0.15, 0.2) is 36.4 Å². The first-order valence-corrected chi connectivity index (χ1v) is 8.87. The zero-order valence-electron chi connectivity index (χ0n) is 15.3. The van der Waals surface area contributed by atoms with E-state index in [2.05, 4.69) is 4.90 Å². The summed E-state index contributed by atoms with van der Waals surface area (Å²) in [4.78, 5) is 11.5. The highest BCUT2D eigenvalue weighted by atomic mass is 16.3. The maximum absolute atomic E-state index is 10.4. The van der Waals surface area contributed by atoms with E-state index in [9.17, 15) is 10.2 Å². The Hall–Kier alpha value is -2.50. The Bertz CT molecular complexity index is 963. The number of pyridine rings is 2. The van der Waals surface area contributed by atoms with Crippen LogP contribution >= 0.6 is 0 Å². The van der Waals surface area contributed by atoms with Crippen LogP contribution in [0, 0.1) is 13.8 Å². The lowest BCUT2D eigenvalue weighted by Gasteiger charge is -2.14. The van der Waals surface area contributed by atoms with Gasteiger partial charge in [-0.1, -0.05) is 6.07 Å². The summed E-state index contributed by atoms with van der Waals surface area (Å²) in [5.41, 5.74) is 4.96. The maximum Gasteiger partial charge on any atom is 0.160 e. The highest BCUT2D eigenvalue weighted by Gasteiger charge is 2.31. The molecule has 0 aliphatic carbocycles. The Morgan fingerprint density at radius 1 is 1.04 bits per heavy atom. The molecule has 1 aliphatic rings. The Kier molecular flexibility index (Phi) is 4.13. The summed E-state index contributed by atoms with van der Waals surface area (Å²) in [6.07, 6.45) is -0.406. The number of likely N-dealkylation sites (N-methyl/N-ethyl adjacent to an activating group) is 1. The van der Waals surface area contributed by atoms with Gasteiger partial charge in [-0.3, -0.25) is 0 Å². The number of aromatic hydroxyl groups is 1. The largest absolute Gasteiger partial charge is 0.507 e. The molecular formula is C21H23N3O2. The molecule has 134 valence electrons. The van der Waals surface area contributed by atoms with E-state index < -0.39 is 6.10 Å². The normalized spacial score (nSPS) is 20.8. The second kappa shape index (κ2) is 6.34. The van der Waals surface area contributed by atoms with E-state index in [0.717, 1.165) is 34.3 Å². The van der Waals surface area contributed by atoms with E-state index in [-0.39, 0.29) is 11.7 Å². The zero-order chi connectivity index (χ0) is 18.4. The van der Waals surface area contributed by atoms with Crippen LogP contribution in [0.25, 0.3) is 22.3 Å². The van der Waals surface area contributed by atoms with Crippen LogP contribution in [0.3, 0.4) is 0 Å². The Morgan fingerprint density at radius 2 is 1.81 bits per heavy atom. The van der Waals surface area contributed by atoms with Crippen molar-refractivity contribution in [2.75, 3.05) is 20.1 Å². The molecular weight excluding hydrogens is 326 g/mol. The first-order chi connectivity index (χ1) is 12.4. The molecule has 0 radical (unpaired) electrons. The molecule has 1 aliphatic heterocycles. The van der Waals surface area contributed by atoms with Crippen molar-refractivity contribution in [3.8, 4) is 17.0 Å². The first kappa shape index (κ1) is 16.9. The van der Waals surface area contributed by atoms with Crippen molar-refractivity contribution in [2.45, 2.75) is 25.9 Å². The number of aliphatic hydroxyl groups is 1. The van der Waals surface area contributed by atoms with Crippen molar-refractivity contribution in [1.82, 2.24) is 14.9 Å². The molecule has 5 nitrogen and oxygen atoms in total. The number of aromatic nitrogens is 2. The van der Waals surface area contributed by atoms with E-state index in [1.165, 1.54) is 0 Å². The Balaban J connectivity index is 1.80. The van der Waals surface area contributed by atoms with Crippen LogP contribution in [0.5, 0.6) is 5.75 Å². The van der Waals surface area contributed by atoms with E-state index in [4.69, 9.17) is 9.97 Å². The highest BCUT2D eigenvalue weighted by Crippen LogP contribution is 2.33. The lowest BCUT2D eigenvalue weighted by atomic mass is 10.00. The number of nitrogens with zero attached hydrogens (tertiary/aromatic N) is 3. The van der Waals surface area contributed by atoms with Crippen LogP contribution in [-0.2, 0) is 0 Å². The monoisotopic (exact) mass is 349 g/mol. The molecule has 0 spiro atoms. The number of phenolic OH excluding ortho intramolecular Hbond substituents is 1. The summed E-state index contributed by atoms with van der Waals surface area (Å²) in [6, 6.07) is 11.7. The summed E-state index contributed by atoms with van der Waals surface area (Å²) in [5, 5.41) is 21.6. The summed E-state index contributed by atoms with van der Waals surface area (Å²) >= 11 is 0. The minimum Gasteiger partial charge on any atom is -0.507 e. The molecule has 3 heterocycles. The van der Waals surface area contributed by atoms with Gasteiger partial charge < -0.3 is 15.1 Å². The molecule has 1 fully saturated rings. The molecule has 0 saturated carbocycles. The number of likely N-dealkylation sites (tertiary alicyclic amines) is 1. The van der Waals surface area contributed by atoms with E-state index in [1.54, 1.807) is 6.07 Å². The van der Waals surface area contributed by atoms with Crippen molar-refractivity contribution >= 4 is 11.0 Å². The molecule has 0 amide bonds. The fourth-order valence-corrected chi connectivity index (χ4v) is 3.91. The third kappa shape index (κ3) is 2.93. The lowest BCUT2D eigenvalue weighted by molar-refractivity contribution is 0.167.